The lowest BCUT2D eigenvalue weighted by molar-refractivity contribution is 0.569. The molecule has 0 aliphatic carbocycles. The molecule has 0 bridgehead atoms. The first-order chi connectivity index (χ1) is 25.3. The summed E-state index contributed by atoms with van der Waals surface area (Å²) in [4.78, 5) is 6.48. The van der Waals surface area contributed by atoms with Crippen molar-refractivity contribution < 1.29 is 0 Å². The Bertz CT molecular complexity index is 2250. The number of rotatable bonds is 3. The zero-order valence-corrected chi connectivity index (χ0v) is 37.4. The lowest BCUT2D eigenvalue weighted by atomic mass is 9.33. The maximum absolute atomic E-state index is 2.60. The summed E-state index contributed by atoms with van der Waals surface area (Å²) in [5.41, 5.74) is 18.4. The zero-order valence-electron chi connectivity index (χ0n) is 36.5. The van der Waals surface area contributed by atoms with E-state index >= 15 is 0 Å². The maximum Gasteiger partial charge on any atom is 0.252 e. The van der Waals surface area contributed by atoms with Gasteiger partial charge in [-0.05, 0) is 127 Å². The second-order valence-corrected chi connectivity index (χ2v) is 23.2. The fourth-order valence-electron chi connectivity index (χ4n) is 8.28. The molecule has 55 heavy (non-hydrogen) atoms. The summed E-state index contributed by atoms with van der Waals surface area (Å²) in [7, 11) is 0. The highest BCUT2D eigenvalue weighted by molar-refractivity contribution is 8.00. The molecule has 7 rings (SSSR count). The number of fused-ring (bicyclic) bond motifs is 4. The summed E-state index contributed by atoms with van der Waals surface area (Å²) in [6, 6.07) is 36.2. The minimum Gasteiger partial charge on any atom is -0.311 e. The Morgan fingerprint density at radius 3 is 1.36 bits per heavy atom. The Morgan fingerprint density at radius 2 is 0.873 bits per heavy atom. The summed E-state index contributed by atoms with van der Waals surface area (Å²) in [6.45, 7) is 37.3. The van der Waals surface area contributed by atoms with Crippen molar-refractivity contribution in [3.63, 3.8) is 0 Å². The van der Waals surface area contributed by atoms with E-state index in [2.05, 4.69) is 212 Å². The molecule has 0 amide bonds. The van der Waals surface area contributed by atoms with E-state index in [1.807, 2.05) is 11.8 Å². The molecule has 5 aromatic rings. The lowest BCUT2D eigenvalue weighted by Crippen LogP contribution is -2.61. The molecule has 2 nitrogen and oxygen atoms in total. The molecule has 0 radical (unpaired) electrons. The van der Waals surface area contributed by atoms with Gasteiger partial charge in [-0.25, -0.2) is 0 Å². The molecule has 0 atom stereocenters. The lowest BCUT2D eigenvalue weighted by Gasteiger charge is -2.45. The van der Waals surface area contributed by atoms with Crippen molar-refractivity contribution >= 4 is 69.0 Å². The van der Waals surface area contributed by atoms with Crippen LogP contribution >= 0.6 is 11.8 Å². The van der Waals surface area contributed by atoms with E-state index in [9.17, 15) is 0 Å². The topological polar surface area (TPSA) is 6.48 Å². The van der Waals surface area contributed by atoms with Gasteiger partial charge in [0.25, 0.3) is 6.71 Å². The molecule has 286 valence electrons. The minimum absolute atomic E-state index is 0.00524. The van der Waals surface area contributed by atoms with Crippen molar-refractivity contribution in [3.8, 4) is 0 Å². The van der Waals surface area contributed by atoms with Gasteiger partial charge >= 0.3 is 0 Å². The number of aryl methyl sites for hydroxylation is 1. The number of hydrogen-bond donors (Lipinski definition) is 0. The van der Waals surface area contributed by atoms with E-state index in [0.717, 1.165) is 0 Å². The summed E-state index contributed by atoms with van der Waals surface area (Å²) in [5, 5.41) is 0. The van der Waals surface area contributed by atoms with Crippen molar-refractivity contribution in [2.24, 2.45) is 0 Å². The highest BCUT2D eigenvalue weighted by Gasteiger charge is 2.44. The first-order valence-corrected chi connectivity index (χ1v) is 21.1. The van der Waals surface area contributed by atoms with Gasteiger partial charge in [-0.3, -0.25) is 0 Å². The third-order valence-electron chi connectivity index (χ3n) is 11.4. The smallest absolute Gasteiger partial charge is 0.252 e. The SMILES string of the molecule is Cc1cc2c3c(c1)N(c1ccc(C(C)(C)C)cc1)c1ccc(C(C)(C)C)cc1B3c1cc(SC(C)(C)C)ccc1N2c1cc(C(C)(C)C)cc(C(C)(C)C)c1. The van der Waals surface area contributed by atoms with E-state index < -0.39 is 0 Å². The molecular weight excluding hydrogens is 683 g/mol. The maximum atomic E-state index is 2.60. The van der Waals surface area contributed by atoms with E-state index in [0.29, 0.717) is 0 Å². The van der Waals surface area contributed by atoms with Crippen LogP contribution in [0.3, 0.4) is 0 Å². The van der Waals surface area contributed by atoms with Crippen LogP contribution in [-0.4, -0.2) is 11.5 Å². The van der Waals surface area contributed by atoms with Gasteiger partial charge in [0.2, 0.25) is 0 Å². The summed E-state index contributed by atoms with van der Waals surface area (Å²) in [5.74, 6) is 0. The first kappa shape index (κ1) is 39.4. The van der Waals surface area contributed by atoms with Gasteiger partial charge in [0.15, 0.2) is 0 Å². The van der Waals surface area contributed by atoms with Gasteiger partial charge in [0.05, 0.1) is 0 Å². The van der Waals surface area contributed by atoms with Crippen LogP contribution in [0.1, 0.15) is 132 Å². The molecule has 0 spiro atoms. The second-order valence-electron chi connectivity index (χ2n) is 21.3. The number of anilines is 6. The third kappa shape index (κ3) is 7.41. The molecule has 2 aliphatic rings. The molecule has 0 saturated carbocycles. The fraction of sp³-hybridized carbons (Fsp3) is 0.412. The van der Waals surface area contributed by atoms with Crippen molar-refractivity contribution in [1.29, 1.82) is 0 Å². The summed E-state index contributed by atoms with van der Waals surface area (Å²) in [6.07, 6.45) is 0. The van der Waals surface area contributed by atoms with Crippen LogP contribution in [0.4, 0.5) is 34.1 Å². The van der Waals surface area contributed by atoms with Crippen molar-refractivity contribution in [2.45, 2.75) is 142 Å². The molecular formula is C51H63BN2S. The quantitative estimate of drug-likeness (QED) is 0.131. The highest BCUT2D eigenvalue weighted by Crippen LogP contribution is 2.47. The van der Waals surface area contributed by atoms with E-state index in [-0.39, 0.29) is 33.1 Å². The van der Waals surface area contributed by atoms with Crippen LogP contribution < -0.4 is 26.2 Å². The van der Waals surface area contributed by atoms with Crippen LogP contribution in [0, 0.1) is 6.92 Å². The molecule has 2 heterocycles. The van der Waals surface area contributed by atoms with Crippen molar-refractivity contribution in [3.05, 3.63) is 119 Å². The minimum atomic E-state index is -0.00524. The molecule has 0 aromatic heterocycles. The number of thioether (sulfide) groups is 1. The monoisotopic (exact) mass is 746 g/mol. The predicted octanol–water partition coefficient (Wildman–Crippen LogP) is 13.2. The predicted molar refractivity (Wildman–Crippen MR) is 246 cm³/mol. The van der Waals surface area contributed by atoms with E-state index in [1.54, 1.807) is 0 Å². The molecule has 5 aromatic carbocycles. The Hall–Kier alpha value is -3.89. The zero-order chi connectivity index (χ0) is 40.2. The Kier molecular flexibility index (Phi) is 9.36. The number of nitrogens with zero attached hydrogens (tertiary/aromatic N) is 2. The van der Waals surface area contributed by atoms with E-state index in [4.69, 9.17) is 0 Å². The molecule has 0 saturated heterocycles. The summed E-state index contributed by atoms with van der Waals surface area (Å²) < 4.78 is 0.0886. The van der Waals surface area contributed by atoms with Crippen molar-refractivity contribution in [1.82, 2.24) is 0 Å². The van der Waals surface area contributed by atoms with Gasteiger partial charge in [-0.2, -0.15) is 0 Å². The van der Waals surface area contributed by atoms with Crippen LogP contribution in [0.25, 0.3) is 0 Å². The average Bonchev–Trinajstić information content (AvgIpc) is 3.05. The van der Waals surface area contributed by atoms with Crippen LogP contribution in [0.5, 0.6) is 0 Å². The molecule has 4 heteroatoms. The normalized spacial score (nSPS) is 14.5. The third-order valence-corrected chi connectivity index (χ3v) is 12.5. The molecule has 0 unspecified atom stereocenters. The first-order valence-electron chi connectivity index (χ1n) is 20.3. The number of benzene rings is 5. The Labute approximate surface area is 338 Å². The fourth-order valence-corrected chi connectivity index (χ4v) is 9.31. The van der Waals surface area contributed by atoms with Gasteiger partial charge in [0.1, 0.15) is 0 Å². The standard InChI is InChI=1S/C51H63BN2S/c1-32-25-44-46-45(26-32)54(38-28-35(49(8,9)10)27-36(29-38)50(11,12)13)43-24-22-39(55-51(14,15)16)31-41(43)52(46)40-30-34(48(5,6)7)19-23-42(40)53(44)37-20-17-33(18-21-37)47(2,3)4/h17-31H,1-16H3. The van der Waals surface area contributed by atoms with Gasteiger partial charge < -0.3 is 9.80 Å². The second kappa shape index (κ2) is 13.1. The van der Waals surface area contributed by atoms with Crippen molar-refractivity contribution in [2.75, 3.05) is 9.80 Å². The summed E-state index contributed by atoms with van der Waals surface area (Å²) >= 11 is 1.96. The van der Waals surface area contributed by atoms with Gasteiger partial charge in [-0.1, -0.05) is 140 Å². The highest BCUT2D eigenvalue weighted by atomic mass is 32.2. The molecule has 0 N–H and O–H groups in total. The van der Waals surface area contributed by atoms with Crippen LogP contribution in [-0.2, 0) is 21.7 Å². The molecule has 2 aliphatic heterocycles. The van der Waals surface area contributed by atoms with Gasteiger partial charge in [0, 0.05) is 43.8 Å². The molecule has 0 fully saturated rings. The Morgan fingerprint density at radius 1 is 0.418 bits per heavy atom. The Balaban J connectivity index is 1.60. The van der Waals surface area contributed by atoms with Crippen LogP contribution in [0.15, 0.2) is 95.9 Å². The van der Waals surface area contributed by atoms with Gasteiger partial charge in [-0.15, -0.1) is 11.8 Å². The average molecular weight is 747 g/mol. The largest absolute Gasteiger partial charge is 0.311 e. The number of hydrogen-bond acceptors (Lipinski definition) is 3. The van der Waals surface area contributed by atoms with E-state index in [1.165, 1.54) is 83.2 Å². The van der Waals surface area contributed by atoms with Crippen LogP contribution in [0.2, 0.25) is 0 Å².